The number of carbonyl (C=O) groups is 3. The summed E-state index contributed by atoms with van der Waals surface area (Å²) in [7, 11) is 4.46. The van der Waals surface area contributed by atoms with Gasteiger partial charge >= 0.3 is 11.9 Å². The number of thiazole rings is 1. The van der Waals surface area contributed by atoms with Crippen molar-refractivity contribution in [2.45, 2.75) is 26.8 Å². The highest BCUT2D eigenvalue weighted by atomic mass is 32.1. The fourth-order valence-electron chi connectivity index (χ4n) is 4.42. The Hall–Kier alpha value is -4.38. The molecule has 1 aromatic heterocycles. The molecule has 10 nitrogen and oxygen atoms in total. The molecule has 2 aromatic carbocycles. The molecule has 1 aliphatic heterocycles. The van der Waals surface area contributed by atoms with Crippen molar-refractivity contribution in [2.24, 2.45) is 0 Å². The molecule has 1 aliphatic rings. The molecule has 0 radical (unpaired) electrons. The molecule has 4 rings (SSSR count). The molecule has 0 bridgehead atoms. The van der Waals surface area contributed by atoms with Crippen LogP contribution in [0.25, 0.3) is 5.76 Å². The largest absolute Gasteiger partial charge is 0.507 e. The molecule has 204 valence electrons. The molecule has 0 unspecified atom stereocenters. The Kier molecular flexibility index (Phi) is 7.91. The fourth-order valence-corrected chi connectivity index (χ4v) is 5.41. The number of ketones is 1. The van der Waals surface area contributed by atoms with Crippen molar-refractivity contribution < 1.29 is 38.4 Å². The number of carbonyl (C=O) groups excluding carboxylic acids is 3. The number of ether oxygens (including phenoxy) is 4. The number of hydrogen-bond donors (Lipinski definition) is 1. The third-order valence-electron chi connectivity index (χ3n) is 6.32. The van der Waals surface area contributed by atoms with Gasteiger partial charge in [-0.15, -0.1) is 0 Å². The number of aryl methyl sites for hydroxylation is 2. The third-order valence-corrected chi connectivity index (χ3v) is 7.45. The summed E-state index contributed by atoms with van der Waals surface area (Å²) < 4.78 is 21.4. The van der Waals surface area contributed by atoms with Crippen LogP contribution < -0.4 is 19.1 Å². The number of esters is 1. The highest BCUT2D eigenvalue weighted by Crippen LogP contribution is 2.47. The van der Waals surface area contributed by atoms with Crippen LogP contribution in [0.15, 0.2) is 42.0 Å². The summed E-state index contributed by atoms with van der Waals surface area (Å²) in [4.78, 5) is 45.5. The maximum Gasteiger partial charge on any atom is 0.350 e. The predicted molar refractivity (Wildman–Crippen MR) is 145 cm³/mol. The zero-order chi connectivity index (χ0) is 28.4. The van der Waals surface area contributed by atoms with Gasteiger partial charge in [0.2, 0.25) is 0 Å². The van der Waals surface area contributed by atoms with Crippen molar-refractivity contribution in [2.75, 3.05) is 32.8 Å². The van der Waals surface area contributed by atoms with Crippen molar-refractivity contribution in [3.8, 4) is 17.2 Å². The summed E-state index contributed by atoms with van der Waals surface area (Å²) in [6.07, 6.45) is 0. The first-order valence-electron chi connectivity index (χ1n) is 12.0. The second kappa shape index (κ2) is 11.2. The molecule has 39 heavy (non-hydrogen) atoms. The van der Waals surface area contributed by atoms with E-state index in [9.17, 15) is 19.5 Å². The summed E-state index contributed by atoms with van der Waals surface area (Å²) in [5.74, 6) is -1.42. The highest BCUT2D eigenvalue weighted by molar-refractivity contribution is 7.17. The highest BCUT2D eigenvalue weighted by Gasteiger charge is 2.49. The molecule has 0 saturated carbocycles. The van der Waals surface area contributed by atoms with Crippen LogP contribution >= 0.6 is 11.3 Å². The number of hydrogen-bond acceptors (Lipinski definition) is 10. The lowest BCUT2D eigenvalue weighted by atomic mass is 9.93. The van der Waals surface area contributed by atoms with Gasteiger partial charge in [0.25, 0.3) is 5.78 Å². The first-order valence-corrected chi connectivity index (χ1v) is 12.8. The lowest BCUT2D eigenvalue weighted by Gasteiger charge is -2.25. The van der Waals surface area contributed by atoms with Gasteiger partial charge in [-0.25, -0.2) is 9.78 Å². The molecular formula is C28H28N2O8S. The summed E-state index contributed by atoms with van der Waals surface area (Å²) in [5, 5.41) is 11.6. The Morgan fingerprint density at radius 1 is 1.03 bits per heavy atom. The number of aliphatic hydroxyl groups excluding tert-OH is 1. The maximum atomic E-state index is 13.6. The minimum atomic E-state index is -1.14. The van der Waals surface area contributed by atoms with Crippen molar-refractivity contribution in [3.63, 3.8) is 0 Å². The Balaban J connectivity index is 2.00. The second-order valence-electron chi connectivity index (χ2n) is 8.59. The van der Waals surface area contributed by atoms with E-state index in [0.717, 1.165) is 11.3 Å². The minimum Gasteiger partial charge on any atom is -0.507 e. The van der Waals surface area contributed by atoms with Crippen LogP contribution in [-0.4, -0.2) is 55.7 Å². The van der Waals surface area contributed by atoms with E-state index < -0.39 is 23.7 Å². The Morgan fingerprint density at radius 3 is 2.31 bits per heavy atom. The van der Waals surface area contributed by atoms with E-state index in [1.807, 2.05) is 0 Å². The number of benzene rings is 2. The van der Waals surface area contributed by atoms with Crippen LogP contribution in [-0.2, 0) is 14.3 Å². The summed E-state index contributed by atoms with van der Waals surface area (Å²) in [5.41, 5.74) is 1.55. The second-order valence-corrected chi connectivity index (χ2v) is 9.57. The summed E-state index contributed by atoms with van der Waals surface area (Å²) in [6, 6.07) is 8.78. The first kappa shape index (κ1) is 27.6. The van der Waals surface area contributed by atoms with E-state index in [4.69, 9.17) is 18.9 Å². The zero-order valence-electron chi connectivity index (χ0n) is 22.4. The number of Topliss-reactive ketones (excluding diaryl/α,β-unsaturated/α-hetero) is 1. The van der Waals surface area contributed by atoms with Crippen LogP contribution in [0.3, 0.4) is 0 Å². The average Bonchev–Trinajstić information content (AvgIpc) is 3.44. The molecule has 11 heteroatoms. The number of rotatable bonds is 8. The number of nitrogens with zero attached hydrogens (tertiary/aromatic N) is 2. The van der Waals surface area contributed by atoms with Gasteiger partial charge in [-0.05, 0) is 62.7 Å². The van der Waals surface area contributed by atoms with Gasteiger partial charge in [0.05, 0.1) is 39.2 Å². The number of anilines is 1. The van der Waals surface area contributed by atoms with Gasteiger partial charge in [0.15, 0.2) is 5.13 Å². The van der Waals surface area contributed by atoms with E-state index in [1.165, 1.54) is 26.2 Å². The van der Waals surface area contributed by atoms with Gasteiger partial charge in [-0.1, -0.05) is 11.3 Å². The third kappa shape index (κ3) is 4.92. The molecule has 0 spiro atoms. The summed E-state index contributed by atoms with van der Waals surface area (Å²) >= 11 is 0.924. The molecule has 3 aromatic rings. The van der Waals surface area contributed by atoms with E-state index in [1.54, 1.807) is 57.2 Å². The van der Waals surface area contributed by atoms with Gasteiger partial charge in [-0.3, -0.25) is 14.5 Å². The molecule has 1 N–H and O–H groups in total. The Bertz CT molecular complexity index is 1490. The van der Waals surface area contributed by atoms with Crippen LogP contribution in [0.2, 0.25) is 0 Å². The zero-order valence-corrected chi connectivity index (χ0v) is 23.2. The number of aliphatic hydroxyl groups is 1. The van der Waals surface area contributed by atoms with Gasteiger partial charge in [-0.2, -0.15) is 0 Å². The van der Waals surface area contributed by atoms with E-state index in [-0.39, 0.29) is 27.9 Å². The molecule has 1 saturated heterocycles. The standard InChI is InChI=1S/C28H28N2O8S/c1-7-38-27(34)25-15(3)29-28(39-25)30-22(19-13-17(36-5)9-11-20(19)37-6)21(24(32)26(30)33)23(31)18-10-8-16(35-4)12-14(18)2/h8-13,22,31H,7H2,1-6H3/b23-21+/t22-/m1/s1. The van der Waals surface area contributed by atoms with Crippen LogP contribution in [0.4, 0.5) is 5.13 Å². The lowest BCUT2D eigenvalue weighted by Crippen LogP contribution is -2.29. The fraction of sp³-hybridized carbons (Fsp3) is 0.286. The summed E-state index contributed by atoms with van der Waals surface area (Å²) in [6.45, 7) is 5.22. The topological polar surface area (TPSA) is 124 Å². The van der Waals surface area contributed by atoms with Crippen molar-refractivity contribution in [1.82, 2.24) is 4.98 Å². The van der Waals surface area contributed by atoms with Crippen molar-refractivity contribution in [1.29, 1.82) is 0 Å². The van der Waals surface area contributed by atoms with Crippen molar-refractivity contribution in [3.05, 3.63) is 69.2 Å². The number of methoxy groups -OCH3 is 3. The average molecular weight is 553 g/mol. The van der Waals surface area contributed by atoms with Gasteiger partial charge in [0.1, 0.15) is 33.9 Å². The normalized spacial score (nSPS) is 16.4. The number of aromatic nitrogens is 1. The SMILES string of the molecule is CCOC(=O)c1sc(N2C(=O)C(=O)/C(=C(/O)c3ccc(OC)cc3C)[C@H]2c2cc(OC)ccc2OC)nc1C. The maximum absolute atomic E-state index is 13.6. The molecule has 0 aliphatic carbocycles. The van der Waals surface area contributed by atoms with Gasteiger partial charge < -0.3 is 24.1 Å². The van der Waals surface area contributed by atoms with Crippen LogP contribution in [0, 0.1) is 13.8 Å². The molecule has 1 fully saturated rings. The van der Waals surface area contributed by atoms with Crippen LogP contribution in [0.5, 0.6) is 17.2 Å². The minimum absolute atomic E-state index is 0.0954. The monoisotopic (exact) mass is 552 g/mol. The van der Waals surface area contributed by atoms with Crippen molar-refractivity contribution >= 4 is 39.9 Å². The molecular weight excluding hydrogens is 524 g/mol. The number of amides is 1. The van der Waals surface area contributed by atoms with Gasteiger partial charge in [0, 0.05) is 11.1 Å². The van der Waals surface area contributed by atoms with E-state index >= 15 is 0 Å². The molecule has 1 atom stereocenters. The van der Waals surface area contributed by atoms with E-state index in [2.05, 4.69) is 4.98 Å². The lowest BCUT2D eigenvalue weighted by molar-refractivity contribution is -0.132. The quantitative estimate of drug-likeness (QED) is 0.185. The molecule has 1 amide bonds. The Labute approximate surface area is 229 Å². The first-order chi connectivity index (χ1) is 18.7. The van der Waals surface area contributed by atoms with Crippen LogP contribution in [0.1, 0.15) is 45.0 Å². The Morgan fingerprint density at radius 2 is 1.69 bits per heavy atom. The molecule has 2 heterocycles. The smallest absolute Gasteiger partial charge is 0.350 e. The predicted octanol–water partition coefficient (Wildman–Crippen LogP) is 4.59. The van der Waals surface area contributed by atoms with E-state index in [0.29, 0.717) is 39.6 Å².